The number of rotatable bonds is 8. The van der Waals surface area contributed by atoms with Gasteiger partial charge in [0.1, 0.15) is 6.04 Å². The lowest BCUT2D eigenvalue weighted by molar-refractivity contribution is -0.136. The van der Waals surface area contributed by atoms with Crippen molar-refractivity contribution in [3.63, 3.8) is 0 Å². The van der Waals surface area contributed by atoms with E-state index in [9.17, 15) is 14.4 Å². The van der Waals surface area contributed by atoms with Crippen LogP contribution in [0.3, 0.4) is 0 Å². The first-order valence-electron chi connectivity index (χ1n) is 13.1. The van der Waals surface area contributed by atoms with Gasteiger partial charge in [0, 0.05) is 26.1 Å². The average Bonchev–Trinajstić information content (AvgIpc) is 3.54. The van der Waals surface area contributed by atoms with Crippen molar-refractivity contribution in [3.8, 4) is 0 Å². The molecule has 3 aliphatic heterocycles. The van der Waals surface area contributed by atoms with Gasteiger partial charge in [0.15, 0.2) is 0 Å². The number of carbonyl (C=O) groups excluding carboxylic acids is 3. The fourth-order valence-electron chi connectivity index (χ4n) is 5.52. The number of aryl methyl sites for hydroxylation is 1. The maximum absolute atomic E-state index is 14.1. The third-order valence-corrected chi connectivity index (χ3v) is 7.42. The highest BCUT2D eigenvalue weighted by atomic mass is 16.5. The van der Waals surface area contributed by atoms with Gasteiger partial charge in [-0.15, -0.1) is 0 Å². The third-order valence-electron chi connectivity index (χ3n) is 7.42. The molecular weight excluding hydrogens is 468 g/mol. The molecule has 0 saturated carbocycles. The van der Waals surface area contributed by atoms with Crippen LogP contribution in [0, 0.1) is 6.92 Å². The summed E-state index contributed by atoms with van der Waals surface area (Å²) in [5.74, 6) is -0.421. The standard InChI is InChI=1S/C29H34N4O4/c1-3-32-24-18-33(28(35)25(24)26(31-29(32)36)21-12-7-9-19(2)15-21)23(16-20-10-5-4-6-11-20)27(34)30-17-22-13-8-14-37-22/h4-7,9-12,15,22-23,26H,3,8,13-14,16-18H2,1-2H3,(H,30,34)(H,31,36)/t22-,23+,26-/m1/s1. The van der Waals surface area contributed by atoms with Crippen molar-refractivity contribution in [2.24, 2.45) is 0 Å². The number of amides is 4. The van der Waals surface area contributed by atoms with Crippen LogP contribution in [0.2, 0.25) is 0 Å². The Morgan fingerprint density at radius 3 is 2.68 bits per heavy atom. The molecule has 2 aromatic rings. The maximum Gasteiger partial charge on any atom is 0.322 e. The molecule has 4 amide bonds. The molecule has 0 spiro atoms. The lowest BCUT2D eigenvalue weighted by Crippen LogP contribution is -2.51. The van der Waals surface area contributed by atoms with Crippen LogP contribution >= 0.6 is 0 Å². The van der Waals surface area contributed by atoms with Gasteiger partial charge in [0.05, 0.1) is 30.0 Å². The van der Waals surface area contributed by atoms with Crippen molar-refractivity contribution in [2.45, 2.75) is 51.3 Å². The molecule has 1 fully saturated rings. The minimum absolute atomic E-state index is 0.00467. The predicted octanol–water partition coefficient (Wildman–Crippen LogP) is 3.08. The first-order chi connectivity index (χ1) is 18.0. The minimum Gasteiger partial charge on any atom is -0.376 e. The van der Waals surface area contributed by atoms with Crippen LogP contribution in [0.25, 0.3) is 0 Å². The Bertz CT molecular complexity index is 1210. The average molecular weight is 503 g/mol. The van der Waals surface area contributed by atoms with E-state index < -0.39 is 12.1 Å². The maximum atomic E-state index is 14.1. The van der Waals surface area contributed by atoms with Gasteiger partial charge < -0.3 is 20.3 Å². The monoisotopic (exact) mass is 502 g/mol. The molecular formula is C29H34N4O4. The number of nitrogens with one attached hydrogen (secondary N) is 2. The second kappa shape index (κ2) is 10.8. The number of likely N-dealkylation sites (N-methyl/N-ethyl adjacent to an activating group) is 1. The molecule has 0 bridgehead atoms. The Morgan fingerprint density at radius 2 is 1.97 bits per heavy atom. The first kappa shape index (κ1) is 25.0. The quantitative estimate of drug-likeness (QED) is 0.581. The molecule has 2 aromatic carbocycles. The zero-order chi connectivity index (χ0) is 25.9. The Morgan fingerprint density at radius 1 is 1.16 bits per heavy atom. The SMILES string of the molecule is CCN1C(=O)N[C@H](c2cccc(C)c2)C2=C1CN([C@@H](Cc1ccccc1)C(=O)NC[C@H]1CCCO1)C2=O. The molecule has 3 aliphatic rings. The fraction of sp³-hybridized carbons (Fsp3) is 0.414. The Balaban J connectivity index is 1.46. The van der Waals surface area contributed by atoms with Gasteiger partial charge in [-0.05, 0) is 37.8 Å². The van der Waals surface area contributed by atoms with Crippen LogP contribution in [-0.4, -0.2) is 66.0 Å². The van der Waals surface area contributed by atoms with Gasteiger partial charge in [0.25, 0.3) is 5.91 Å². The molecule has 1 saturated heterocycles. The van der Waals surface area contributed by atoms with E-state index in [1.165, 1.54) is 0 Å². The van der Waals surface area contributed by atoms with E-state index in [4.69, 9.17) is 4.74 Å². The lowest BCUT2D eigenvalue weighted by Gasteiger charge is -2.33. The van der Waals surface area contributed by atoms with E-state index in [1.807, 2.05) is 68.4 Å². The Labute approximate surface area is 217 Å². The summed E-state index contributed by atoms with van der Waals surface area (Å²) in [7, 11) is 0. The van der Waals surface area contributed by atoms with E-state index in [-0.39, 0.29) is 30.5 Å². The highest BCUT2D eigenvalue weighted by molar-refractivity contribution is 6.03. The molecule has 3 heterocycles. The van der Waals surface area contributed by atoms with Crippen LogP contribution in [0.4, 0.5) is 4.79 Å². The molecule has 0 aliphatic carbocycles. The number of nitrogens with zero attached hydrogens (tertiary/aromatic N) is 2. The molecule has 5 rings (SSSR count). The highest BCUT2D eigenvalue weighted by Gasteiger charge is 2.46. The summed E-state index contributed by atoms with van der Waals surface area (Å²) < 4.78 is 5.68. The van der Waals surface area contributed by atoms with Crippen LogP contribution in [-0.2, 0) is 20.7 Å². The van der Waals surface area contributed by atoms with E-state index in [2.05, 4.69) is 10.6 Å². The largest absolute Gasteiger partial charge is 0.376 e. The molecule has 0 unspecified atom stereocenters. The third kappa shape index (κ3) is 5.11. The number of hydrogen-bond donors (Lipinski definition) is 2. The zero-order valence-electron chi connectivity index (χ0n) is 21.4. The van der Waals surface area contributed by atoms with Gasteiger partial charge in [-0.2, -0.15) is 0 Å². The molecule has 3 atom stereocenters. The molecule has 8 heteroatoms. The van der Waals surface area contributed by atoms with Gasteiger partial charge in [-0.25, -0.2) is 4.79 Å². The number of carbonyl (C=O) groups is 3. The summed E-state index contributed by atoms with van der Waals surface area (Å²) >= 11 is 0. The van der Waals surface area contributed by atoms with E-state index >= 15 is 0 Å². The van der Waals surface area contributed by atoms with E-state index in [0.717, 1.165) is 29.5 Å². The van der Waals surface area contributed by atoms with Gasteiger partial charge in [-0.1, -0.05) is 60.2 Å². The van der Waals surface area contributed by atoms with Crippen LogP contribution in [0.1, 0.15) is 42.5 Å². The summed E-state index contributed by atoms with van der Waals surface area (Å²) in [6.07, 6.45) is 2.29. The summed E-state index contributed by atoms with van der Waals surface area (Å²) in [6, 6.07) is 16.0. The zero-order valence-corrected chi connectivity index (χ0v) is 21.4. The number of urea groups is 1. The topological polar surface area (TPSA) is 91.0 Å². The lowest BCUT2D eigenvalue weighted by atomic mass is 9.94. The normalized spacial score (nSPS) is 22.2. The Kier molecular flexibility index (Phi) is 7.28. The molecule has 0 radical (unpaired) electrons. The smallest absolute Gasteiger partial charge is 0.322 e. The minimum atomic E-state index is -0.714. The van der Waals surface area contributed by atoms with E-state index in [1.54, 1.807) is 9.80 Å². The van der Waals surface area contributed by atoms with Crippen molar-refractivity contribution in [1.82, 2.24) is 20.4 Å². The van der Waals surface area contributed by atoms with Crippen molar-refractivity contribution in [3.05, 3.63) is 82.6 Å². The summed E-state index contributed by atoms with van der Waals surface area (Å²) in [6.45, 7) is 5.65. The molecule has 2 N–H and O–H groups in total. The highest BCUT2D eigenvalue weighted by Crippen LogP contribution is 2.37. The van der Waals surface area contributed by atoms with Crippen molar-refractivity contribution in [1.29, 1.82) is 0 Å². The molecule has 37 heavy (non-hydrogen) atoms. The summed E-state index contributed by atoms with van der Waals surface area (Å²) in [5, 5.41) is 6.06. The van der Waals surface area contributed by atoms with Crippen LogP contribution in [0.15, 0.2) is 65.9 Å². The van der Waals surface area contributed by atoms with Crippen molar-refractivity contribution >= 4 is 17.8 Å². The van der Waals surface area contributed by atoms with E-state index in [0.29, 0.717) is 37.4 Å². The van der Waals surface area contributed by atoms with Crippen LogP contribution < -0.4 is 10.6 Å². The van der Waals surface area contributed by atoms with Gasteiger partial charge in [0.2, 0.25) is 5.91 Å². The number of benzene rings is 2. The van der Waals surface area contributed by atoms with Crippen LogP contribution in [0.5, 0.6) is 0 Å². The second-order valence-corrected chi connectivity index (χ2v) is 9.92. The Hall–Kier alpha value is -3.65. The summed E-state index contributed by atoms with van der Waals surface area (Å²) in [4.78, 5) is 43.9. The summed E-state index contributed by atoms with van der Waals surface area (Å²) in [5.41, 5.74) is 4.08. The number of ether oxygens (including phenoxy) is 1. The van der Waals surface area contributed by atoms with Gasteiger partial charge in [-0.3, -0.25) is 14.5 Å². The molecule has 194 valence electrons. The number of hydrogen-bond acceptors (Lipinski definition) is 4. The first-order valence-corrected chi connectivity index (χ1v) is 13.1. The predicted molar refractivity (Wildman–Crippen MR) is 139 cm³/mol. The second-order valence-electron chi connectivity index (χ2n) is 9.92. The van der Waals surface area contributed by atoms with Crippen molar-refractivity contribution in [2.75, 3.05) is 26.2 Å². The molecule has 0 aromatic heterocycles. The molecule has 8 nitrogen and oxygen atoms in total. The van der Waals surface area contributed by atoms with Crippen molar-refractivity contribution < 1.29 is 19.1 Å². The fourth-order valence-corrected chi connectivity index (χ4v) is 5.52. The van der Waals surface area contributed by atoms with Gasteiger partial charge >= 0.3 is 6.03 Å².